The summed E-state index contributed by atoms with van der Waals surface area (Å²) in [6.45, 7) is 8.00. The lowest BCUT2D eigenvalue weighted by molar-refractivity contribution is -0.385. The number of hydrogen-bond acceptors (Lipinski definition) is 5. The van der Waals surface area contributed by atoms with Crippen LogP contribution >= 0.6 is 0 Å². The molecule has 0 saturated heterocycles. The summed E-state index contributed by atoms with van der Waals surface area (Å²) in [6.07, 6.45) is 0. The third kappa shape index (κ3) is 6.55. The van der Waals surface area contributed by atoms with Gasteiger partial charge in [-0.15, -0.1) is 0 Å². The van der Waals surface area contributed by atoms with Crippen LogP contribution in [0.25, 0.3) is 0 Å². The second-order valence-electron chi connectivity index (χ2n) is 6.31. The first-order valence-electron chi connectivity index (χ1n) is 6.99. The van der Waals surface area contributed by atoms with Crippen LogP contribution in [0.15, 0.2) is 18.2 Å². The highest BCUT2D eigenvalue weighted by atomic mass is 16.6. The number of ether oxygens (including phenoxy) is 1. The summed E-state index contributed by atoms with van der Waals surface area (Å²) in [7, 11) is 3.86. The van der Waals surface area contributed by atoms with Crippen molar-refractivity contribution in [1.82, 2.24) is 10.2 Å². The summed E-state index contributed by atoms with van der Waals surface area (Å²) in [5.41, 5.74) is 0.969. The molecule has 0 aliphatic rings. The molecule has 1 aromatic rings. The quantitative estimate of drug-likeness (QED) is 0.618. The molecular weight excluding hydrogens is 270 g/mol. The van der Waals surface area contributed by atoms with Crippen molar-refractivity contribution in [3.8, 4) is 5.75 Å². The van der Waals surface area contributed by atoms with Gasteiger partial charge < -0.3 is 15.0 Å². The van der Waals surface area contributed by atoms with Gasteiger partial charge in [0.1, 0.15) is 6.61 Å². The van der Waals surface area contributed by atoms with E-state index in [1.54, 1.807) is 12.1 Å². The van der Waals surface area contributed by atoms with Crippen LogP contribution < -0.4 is 10.1 Å². The Morgan fingerprint density at radius 2 is 2.00 bits per heavy atom. The van der Waals surface area contributed by atoms with E-state index in [4.69, 9.17) is 4.74 Å². The Hall–Kier alpha value is -1.66. The normalized spacial score (nSPS) is 11.7. The topological polar surface area (TPSA) is 67.6 Å². The van der Waals surface area contributed by atoms with Crippen molar-refractivity contribution >= 4 is 5.69 Å². The van der Waals surface area contributed by atoms with Gasteiger partial charge in [0.2, 0.25) is 0 Å². The minimum Gasteiger partial charge on any atom is -0.485 e. The predicted molar refractivity (Wildman–Crippen MR) is 83.7 cm³/mol. The molecule has 1 rings (SSSR count). The first-order valence-corrected chi connectivity index (χ1v) is 6.99. The summed E-state index contributed by atoms with van der Waals surface area (Å²) in [5.74, 6) is 0.329. The standard InChI is InChI=1S/C15H25N3O3/c1-15(2,3)16-11-12-6-7-13(18(19)20)14(10-12)21-9-8-17(4)5/h6-7,10,16H,8-9,11H2,1-5H3. The Morgan fingerprint density at radius 3 is 2.52 bits per heavy atom. The van der Waals surface area contributed by atoms with Crippen LogP contribution in [0.1, 0.15) is 26.3 Å². The fraction of sp³-hybridized carbons (Fsp3) is 0.600. The number of nitro benzene ring substituents is 1. The van der Waals surface area contributed by atoms with Gasteiger partial charge in [0.15, 0.2) is 5.75 Å². The van der Waals surface area contributed by atoms with E-state index in [-0.39, 0.29) is 11.2 Å². The Bertz CT molecular complexity index is 482. The van der Waals surface area contributed by atoms with Crippen molar-refractivity contribution in [1.29, 1.82) is 0 Å². The molecule has 118 valence electrons. The van der Waals surface area contributed by atoms with Crippen molar-refractivity contribution in [2.45, 2.75) is 32.9 Å². The van der Waals surface area contributed by atoms with Crippen molar-refractivity contribution < 1.29 is 9.66 Å². The van der Waals surface area contributed by atoms with Crippen molar-refractivity contribution in [2.24, 2.45) is 0 Å². The average molecular weight is 295 g/mol. The van der Waals surface area contributed by atoms with Gasteiger partial charge in [-0.1, -0.05) is 6.07 Å². The van der Waals surface area contributed by atoms with Crippen LogP contribution in [0, 0.1) is 10.1 Å². The van der Waals surface area contributed by atoms with Gasteiger partial charge in [-0.2, -0.15) is 0 Å². The Balaban J connectivity index is 2.82. The van der Waals surface area contributed by atoms with Crippen molar-refractivity contribution in [3.05, 3.63) is 33.9 Å². The molecule has 0 aromatic heterocycles. The molecule has 0 radical (unpaired) electrons. The van der Waals surface area contributed by atoms with Gasteiger partial charge >= 0.3 is 5.69 Å². The lowest BCUT2D eigenvalue weighted by Gasteiger charge is -2.20. The minimum atomic E-state index is -0.411. The summed E-state index contributed by atoms with van der Waals surface area (Å²) in [5, 5.41) is 14.4. The molecule has 0 unspecified atom stereocenters. The molecule has 0 fully saturated rings. The number of likely N-dealkylation sites (N-methyl/N-ethyl adjacent to an activating group) is 1. The Kier molecular flexibility index (Phi) is 6.11. The fourth-order valence-electron chi connectivity index (χ4n) is 1.64. The van der Waals surface area contributed by atoms with Crippen LogP contribution in [-0.4, -0.2) is 42.6 Å². The molecule has 0 atom stereocenters. The van der Waals surface area contributed by atoms with Crippen molar-refractivity contribution in [3.63, 3.8) is 0 Å². The van der Waals surface area contributed by atoms with Gasteiger partial charge in [0, 0.05) is 24.7 Å². The van der Waals surface area contributed by atoms with E-state index in [0.29, 0.717) is 25.4 Å². The maximum atomic E-state index is 11.0. The third-order valence-electron chi connectivity index (χ3n) is 2.84. The van der Waals surface area contributed by atoms with Crippen LogP contribution in [0.5, 0.6) is 5.75 Å². The largest absolute Gasteiger partial charge is 0.485 e. The minimum absolute atomic E-state index is 0.00623. The van der Waals surface area contributed by atoms with E-state index in [9.17, 15) is 10.1 Å². The maximum absolute atomic E-state index is 11.0. The molecule has 6 nitrogen and oxygen atoms in total. The van der Waals surface area contributed by atoms with Crippen LogP contribution in [0.4, 0.5) is 5.69 Å². The molecule has 0 saturated carbocycles. The van der Waals surface area contributed by atoms with E-state index in [2.05, 4.69) is 26.1 Å². The first kappa shape index (κ1) is 17.4. The third-order valence-corrected chi connectivity index (χ3v) is 2.84. The zero-order valence-corrected chi connectivity index (χ0v) is 13.5. The molecule has 6 heteroatoms. The summed E-state index contributed by atoms with van der Waals surface area (Å²) in [4.78, 5) is 12.6. The number of rotatable bonds is 7. The molecule has 0 bridgehead atoms. The molecule has 21 heavy (non-hydrogen) atoms. The monoisotopic (exact) mass is 295 g/mol. The van der Waals surface area contributed by atoms with Crippen molar-refractivity contribution in [2.75, 3.05) is 27.2 Å². The van der Waals surface area contributed by atoms with Crippen LogP contribution in [-0.2, 0) is 6.54 Å². The number of benzene rings is 1. The molecule has 0 amide bonds. The molecule has 1 aromatic carbocycles. The molecule has 0 heterocycles. The first-order chi connectivity index (χ1) is 9.69. The maximum Gasteiger partial charge on any atom is 0.310 e. The highest BCUT2D eigenvalue weighted by Crippen LogP contribution is 2.28. The van der Waals surface area contributed by atoms with E-state index < -0.39 is 4.92 Å². The molecular formula is C15H25N3O3. The smallest absolute Gasteiger partial charge is 0.310 e. The zero-order chi connectivity index (χ0) is 16.0. The highest BCUT2D eigenvalue weighted by Gasteiger charge is 2.16. The Morgan fingerprint density at radius 1 is 1.33 bits per heavy atom. The number of nitrogens with one attached hydrogen (secondary N) is 1. The van der Waals surface area contributed by atoms with Crippen LogP contribution in [0.3, 0.4) is 0 Å². The zero-order valence-electron chi connectivity index (χ0n) is 13.5. The summed E-state index contributed by atoms with van der Waals surface area (Å²) in [6, 6.07) is 5.01. The van der Waals surface area contributed by atoms with Crippen LogP contribution in [0.2, 0.25) is 0 Å². The second-order valence-corrected chi connectivity index (χ2v) is 6.31. The number of nitrogens with zero attached hydrogens (tertiary/aromatic N) is 2. The number of hydrogen-bond donors (Lipinski definition) is 1. The van der Waals surface area contributed by atoms with Gasteiger partial charge in [-0.25, -0.2) is 0 Å². The van der Waals surface area contributed by atoms with Gasteiger partial charge in [0.05, 0.1) is 4.92 Å². The summed E-state index contributed by atoms with van der Waals surface area (Å²) >= 11 is 0. The van der Waals surface area contributed by atoms with E-state index >= 15 is 0 Å². The highest BCUT2D eigenvalue weighted by molar-refractivity contribution is 5.48. The average Bonchev–Trinajstić information content (AvgIpc) is 2.35. The van der Waals surface area contributed by atoms with E-state index in [0.717, 1.165) is 5.56 Å². The molecule has 1 N–H and O–H groups in total. The van der Waals surface area contributed by atoms with E-state index in [1.807, 2.05) is 19.0 Å². The lowest BCUT2D eigenvalue weighted by Crippen LogP contribution is -2.35. The summed E-state index contributed by atoms with van der Waals surface area (Å²) < 4.78 is 5.57. The van der Waals surface area contributed by atoms with E-state index in [1.165, 1.54) is 6.07 Å². The Labute approximate surface area is 126 Å². The van der Waals surface area contributed by atoms with Gasteiger partial charge in [-0.05, 0) is 46.5 Å². The molecule has 0 aliphatic heterocycles. The number of nitro groups is 1. The fourth-order valence-corrected chi connectivity index (χ4v) is 1.64. The molecule has 0 aliphatic carbocycles. The van der Waals surface area contributed by atoms with Gasteiger partial charge in [0.25, 0.3) is 0 Å². The van der Waals surface area contributed by atoms with Gasteiger partial charge in [-0.3, -0.25) is 10.1 Å². The lowest BCUT2D eigenvalue weighted by atomic mass is 10.1. The second kappa shape index (κ2) is 7.38. The predicted octanol–water partition coefficient (Wildman–Crippen LogP) is 2.42. The SMILES string of the molecule is CN(C)CCOc1cc(CNC(C)(C)C)ccc1[N+](=O)[O-]. The molecule has 0 spiro atoms.